The van der Waals surface area contributed by atoms with Gasteiger partial charge in [-0.25, -0.2) is 15.0 Å². The van der Waals surface area contributed by atoms with Crippen LogP contribution in [0.25, 0.3) is 22.3 Å². The molecule has 2 aliphatic heterocycles. The standard InChI is InChI=1S/C18H17N7/c19-7-14-5-11(3-4-20-14)16-6-15-17(24-16)21-10-22-18(15)25-8-12-1-2-13(9-25)23-12/h3-6,10,12-13,23H,1-2,8-9H2,(H,21,22,24). The van der Waals surface area contributed by atoms with Crippen molar-refractivity contribution in [3.05, 3.63) is 36.4 Å². The number of fused-ring (bicyclic) bond motifs is 3. The summed E-state index contributed by atoms with van der Waals surface area (Å²) in [5, 5.41) is 13.7. The summed E-state index contributed by atoms with van der Waals surface area (Å²) in [4.78, 5) is 18.7. The molecule has 5 rings (SSSR count). The molecule has 2 bridgehead atoms. The number of hydrogen-bond acceptors (Lipinski definition) is 6. The second kappa shape index (κ2) is 5.53. The minimum absolute atomic E-state index is 0.404. The van der Waals surface area contributed by atoms with Crippen LogP contribution >= 0.6 is 0 Å². The third-order valence-corrected chi connectivity index (χ3v) is 5.11. The van der Waals surface area contributed by atoms with Gasteiger partial charge in [0.05, 0.1) is 5.39 Å². The molecule has 7 heteroatoms. The molecule has 5 heterocycles. The number of nitrogens with zero attached hydrogens (tertiary/aromatic N) is 5. The second-order valence-electron chi connectivity index (χ2n) is 6.73. The molecule has 2 aliphatic rings. The molecule has 3 aromatic rings. The van der Waals surface area contributed by atoms with Crippen LogP contribution in [0.15, 0.2) is 30.7 Å². The van der Waals surface area contributed by atoms with Crippen molar-refractivity contribution in [1.29, 1.82) is 5.26 Å². The van der Waals surface area contributed by atoms with Crippen LogP contribution in [0.5, 0.6) is 0 Å². The van der Waals surface area contributed by atoms with E-state index < -0.39 is 0 Å². The number of nitrogens with one attached hydrogen (secondary N) is 2. The normalized spacial score (nSPS) is 22.3. The monoisotopic (exact) mass is 331 g/mol. The Hall–Kier alpha value is -2.98. The molecule has 2 atom stereocenters. The molecule has 2 saturated heterocycles. The van der Waals surface area contributed by atoms with E-state index in [2.05, 4.69) is 42.3 Å². The highest BCUT2D eigenvalue weighted by atomic mass is 15.3. The summed E-state index contributed by atoms with van der Waals surface area (Å²) in [6.07, 6.45) is 5.75. The van der Waals surface area contributed by atoms with Gasteiger partial charge in [0.2, 0.25) is 0 Å². The third-order valence-electron chi connectivity index (χ3n) is 5.11. The first-order valence-corrected chi connectivity index (χ1v) is 8.51. The van der Waals surface area contributed by atoms with Gasteiger partial charge in [0, 0.05) is 42.6 Å². The maximum atomic E-state index is 9.06. The number of anilines is 1. The number of hydrogen-bond donors (Lipinski definition) is 2. The lowest BCUT2D eigenvalue weighted by atomic mass is 10.1. The van der Waals surface area contributed by atoms with Crippen molar-refractivity contribution in [3.63, 3.8) is 0 Å². The summed E-state index contributed by atoms with van der Waals surface area (Å²) in [6, 6.07) is 8.94. The van der Waals surface area contributed by atoms with Gasteiger partial charge in [-0.2, -0.15) is 5.26 Å². The highest BCUT2D eigenvalue weighted by Gasteiger charge is 2.33. The quantitative estimate of drug-likeness (QED) is 0.744. The van der Waals surface area contributed by atoms with Crippen molar-refractivity contribution in [2.24, 2.45) is 0 Å². The Morgan fingerprint density at radius 3 is 2.76 bits per heavy atom. The Morgan fingerprint density at radius 2 is 1.96 bits per heavy atom. The summed E-state index contributed by atoms with van der Waals surface area (Å²) < 4.78 is 0. The van der Waals surface area contributed by atoms with Crippen molar-refractivity contribution >= 4 is 16.9 Å². The van der Waals surface area contributed by atoms with Crippen molar-refractivity contribution < 1.29 is 0 Å². The van der Waals surface area contributed by atoms with Gasteiger partial charge in [0.1, 0.15) is 29.6 Å². The number of pyridine rings is 1. The van der Waals surface area contributed by atoms with Crippen molar-refractivity contribution in [3.8, 4) is 17.3 Å². The van der Waals surface area contributed by atoms with Crippen LogP contribution in [-0.2, 0) is 0 Å². The molecule has 2 unspecified atom stereocenters. The number of aromatic amines is 1. The number of H-pyrrole nitrogens is 1. The first-order chi connectivity index (χ1) is 12.3. The average molecular weight is 331 g/mol. The second-order valence-corrected chi connectivity index (χ2v) is 6.73. The molecule has 0 amide bonds. The van der Waals surface area contributed by atoms with Gasteiger partial charge < -0.3 is 15.2 Å². The minimum Gasteiger partial charge on any atom is -0.353 e. The zero-order valence-corrected chi connectivity index (χ0v) is 13.6. The molecule has 2 N–H and O–H groups in total. The lowest BCUT2D eigenvalue weighted by molar-refractivity contribution is 0.464. The average Bonchev–Trinajstić information content (AvgIpc) is 3.24. The molecule has 0 saturated carbocycles. The fraction of sp³-hybridized carbons (Fsp3) is 0.333. The molecular formula is C18H17N7. The zero-order valence-electron chi connectivity index (χ0n) is 13.6. The van der Waals surface area contributed by atoms with Crippen LogP contribution in [0.3, 0.4) is 0 Å². The van der Waals surface area contributed by atoms with Gasteiger partial charge in [-0.3, -0.25) is 0 Å². The molecule has 0 radical (unpaired) electrons. The fourth-order valence-electron chi connectivity index (χ4n) is 3.96. The zero-order chi connectivity index (χ0) is 16.8. The first kappa shape index (κ1) is 14.4. The van der Waals surface area contributed by atoms with Gasteiger partial charge >= 0.3 is 0 Å². The van der Waals surface area contributed by atoms with Crippen LogP contribution in [0.1, 0.15) is 18.5 Å². The summed E-state index contributed by atoms with van der Waals surface area (Å²) >= 11 is 0. The number of piperazine rings is 1. The highest BCUT2D eigenvalue weighted by molar-refractivity contribution is 5.92. The Labute approximate surface area is 144 Å². The summed E-state index contributed by atoms with van der Waals surface area (Å²) in [6.45, 7) is 1.97. The maximum Gasteiger partial charge on any atom is 0.143 e. The molecule has 0 aliphatic carbocycles. The van der Waals surface area contributed by atoms with Crippen molar-refractivity contribution in [2.75, 3.05) is 18.0 Å². The van der Waals surface area contributed by atoms with Crippen LogP contribution < -0.4 is 10.2 Å². The Bertz CT molecular complexity index is 974. The SMILES string of the molecule is N#Cc1cc(-c2cc3c(N4CC5CCC(C4)N5)ncnc3[nH]2)ccn1. The van der Waals surface area contributed by atoms with Crippen molar-refractivity contribution in [1.82, 2.24) is 25.3 Å². The fourth-order valence-corrected chi connectivity index (χ4v) is 3.96. The van der Waals surface area contributed by atoms with Gasteiger partial charge in [-0.1, -0.05) is 0 Å². The largest absolute Gasteiger partial charge is 0.353 e. The number of rotatable bonds is 2. The smallest absolute Gasteiger partial charge is 0.143 e. The van der Waals surface area contributed by atoms with Crippen LogP contribution in [0.4, 0.5) is 5.82 Å². The number of nitriles is 1. The van der Waals surface area contributed by atoms with E-state index >= 15 is 0 Å². The minimum atomic E-state index is 0.404. The molecule has 3 aromatic heterocycles. The lowest BCUT2D eigenvalue weighted by Crippen LogP contribution is -2.51. The van der Waals surface area contributed by atoms with E-state index in [0.29, 0.717) is 17.8 Å². The van der Waals surface area contributed by atoms with E-state index in [1.165, 1.54) is 12.8 Å². The third kappa shape index (κ3) is 2.42. The van der Waals surface area contributed by atoms with Gasteiger partial charge in [-0.15, -0.1) is 0 Å². The summed E-state index contributed by atoms with van der Waals surface area (Å²) in [5.41, 5.74) is 3.08. The van der Waals surface area contributed by atoms with Crippen LogP contribution in [0, 0.1) is 11.3 Å². The van der Waals surface area contributed by atoms with E-state index in [-0.39, 0.29) is 0 Å². The number of aromatic nitrogens is 4. The summed E-state index contributed by atoms with van der Waals surface area (Å²) in [5.74, 6) is 0.987. The van der Waals surface area contributed by atoms with E-state index in [0.717, 1.165) is 41.2 Å². The predicted molar refractivity (Wildman–Crippen MR) is 94.0 cm³/mol. The highest BCUT2D eigenvalue weighted by Crippen LogP contribution is 2.31. The van der Waals surface area contributed by atoms with E-state index in [1.807, 2.05) is 6.07 Å². The van der Waals surface area contributed by atoms with Gasteiger partial charge in [0.15, 0.2) is 0 Å². The van der Waals surface area contributed by atoms with E-state index in [9.17, 15) is 0 Å². The molecule has 25 heavy (non-hydrogen) atoms. The topological polar surface area (TPSA) is 93.5 Å². The Kier molecular flexibility index (Phi) is 3.18. The van der Waals surface area contributed by atoms with Crippen molar-refractivity contribution in [2.45, 2.75) is 24.9 Å². The lowest BCUT2D eigenvalue weighted by Gasteiger charge is -2.33. The van der Waals surface area contributed by atoms with Gasteiger partial charge in [-0.05, 0) is 31.0 Å². The molecule has 0 spiro atoms. The van der Waals surface area contributed by atoms with Crippen LogP contribution in [-0.4, -0.2) is 45.1 Å². The Morgan fingerprint density at radius 1 is 1.12 bits per heavy atom. The van der Waals surface area contributed by atoms with E-state index in [1.54, 1.807) is 18.6 Å². The van der Waals surface area contributed by atoms with Crippen LogP contribution in [0.2, 0.25) is 0 Å². The summed E-state index contributed by atoms with van der Waals surface area (Å²) in [7, 11) is 0. The van der Waals surface area contributed by atoms with Gasteiger partial charge in [0.25, 0.3) is 0 Å². The predicted octanol–water partition coefficient (Wildman–Crippen LogP) is 1.83. The first-order valence-electron chi connectivity index (χ1n) is 8.51. The Balaban J connectivity index is 1.57. The molecule has 0 aromatic carbocycles. The molecule has 124 valence electrons. The molecule has 7 nitrogen and oxygen atoms in total. The maximum absolute atomic E-state index is 9.06. The van der Waals surface area contributed by atoms with E-state index in [4.69, 9.17) is 5.26 Å². The molecular weight excluding hydrogens is 314 g/mol. The molecule has 2 fully saturated rings.